The number of nitrogens with zero attached hydrogens (tertiary/aromatic N) is 4. The number of halogens is 1. The van der Waals surface area contributed by atoms with Crippen LogP contribution in [0.25, 0.3) is 11.5 Å². The van der Waals surface area contributed by atoms with Crippen molar-refractivity contribution in [2.45, 2.75) is 13.5 Å². The summed E-state index contributed by atoms with van der Waals surface area (Å²) < 4.78 is 11.7. The minimum atomic E-state index is -0.244. The fourth-order valence-corrected chi connectivity index (χ4v) is 3.01. The van der Waals surface area contributed by atoms with Gasteiger partial charge in [-0.05, 0) is 35.0 Å². The van der Waals surface area contributed by atoms with E-state index in [0.29, 0.717) is 38.0 Å². The second-order valence-corrected chi connectivity index (χ2v) is 6.30. The van der Waals surface area contributed by atoms with Crippen LogP contribution >= 0.6 is 15.9 Å². The first-order valence-corrected chi connectivity index (χ1v) is 8.68. The Balaban J connectivity index is 1.57. The summed E-state index contributed by atoms with van der Waals surface area (Å²) in [5.41, 5.74) is 0.878. The number of benzene rings is 1. The molecule has 2 heterocycles. The maximum absolute atomic E-state index is 11.7. The van der Waals surface area contributed by atoms with Gasteiger partial charge in [0.2, 0.25) is 11.8 Å². The van der Waals surface area contributed by atoms with Gasteiger partial charge in [0.05, 0.1) is 18.7 Å². The summed E-state index contributed by atoms with van der Waals surface area (Å²) in [5.74, 6) is 1.08. The molecule has 2 aromatic rings. The number of aromatic nitrogens is 2. The van der Waals surface area contributed by atoms with Crippen molar-refractivity contribution < 1.29 is 13.9 Å². The molecule has 1 aliphatic rings. The zero-order valence-electron chi connectivity index (χ0n) is 13.4. The van der Waals surface area contributed by atoms with E-state index < -0.39 is 0 Å². The molecular weight excluding hydrogens is 376 g/mol. The number of hydrogen-bond acceptors (Lipinski definition) is 6. The van der Waals surface area contributed by atoms with Crippen molar-refractivity contribution in [1.82, 2.24) is 20.0 Å². The normalized spacial score (nSPS) is 15.5. The molecule has 1 aliphatic heterocycles. The Morgan fingerprint density at radius 2 is 2.00 bits per heavy atom. The van der Waals surface area contributed by atoms with Crippen LogP contribution < -0.4 is 0 Å². The van der Waals surface area contributed by atoms with Gasteiger partial charge < -0.3 is 14.1 Å². The van der Waals surface area contributed by atoms with Crippen molar-refractivity contribution in [3.05, 3.63) is 34.6 Å². The van der Waals surface area contributed by atoms with E-state index in [0.717, 1.165) is 23.1 Å². The fourth-order valence-electron chi connectivity index (χ4n) is 2.56. The highest BCUT2D eigenvalue weighted by Crippen LogP contribution is 2.26. The highest BCUT2D eigenvalue weighted by molar-refractivity contribution is 9.10. The minimum Gasteiger partial charge on any atom is -0.450 e. The van der Waals surface area contributed by atoms with Gasteiger partial charge in [0, 0.05) is 30.7 Å². The molecule has 24 heavy (non-hydrogen) atoms. The van der Waals surface area contributed by atoms with E-state index in [1.807, 2.05) is 31.2 Å². The quantitative estimate of drug-likeness (QED) is 0.793. The Kier molecular flexibility index (Phi) is 5.47. The summed E-state index contributed by atoms with van der Waals surface area (Å²) in [5, 5.41) is 8.25. The largest absolute Gasteiger partial charge is 0.450 e. The van der Waals surface area contributed by atoms with Gasteiger partial charge in [-0.1, -0.05) is 12.1 Å². The van der Waals surface area contributed by atoms with Crippen LogP contribution in [0.15, 0.2) is 33.2 Å². The molecule has 0 radical (unpaired) electrons. The van der Waals surface area contributed by atoms with Crippen LogP contribution in [0, 0.1) is 0 Å². The Morgan fingerprint density at radius 1 is 1.25 bits per heavy atom. The average Bonchev–Trinajstić information content (AvgIpc) is 3.04. The number of carbonyl (C=O) groups excluding carboxylic acids is 1. The van der Waals surface area contributed by atoms with Crippen LogP contribution in [-0.2, 0) is 11.3 Å². The van der Waals surface area contributed by atoms with Crippen molar-refractivity contribution in [2.75, 3.05) is 32.8 Å². The SMILES string of the molecule is CCOC(=O)N1CCN(Cc2nnc(-c3ccccc3Br)o2)CC1. The number of ether oxygens (including phenoxy) is 1. The van der Waals surface area contributed by atoms with Crippen molar-refractivity contribution >= 4 is 22.0 Å². The third-order valence-electron chi connectivity index (χ3n) is 3.83. The molecule has 7 nitrogen and oxygen atoms in total. The molecule has 0 aliphatic carbocycles. The lowest BCUT2D eigenvalue weighted by atomic mass is 10.2. The van der Waals surface area contributed by atoms with Gasteiger partial charge in [-0.3, -0.25) is 4.90 Å². The molecule has 0 saturated carbocycles. The Morgan fingerprint density at radius 3 is 2.71 bits per heavy atom. The predicted molar refractivity (Wildman–Crippen MR) is 91.3 cm³/mol. The molecule has 128 valence electrons. The van der Waals surface area contributed by atoms with E-state index in [2.05, 4.69) is 31.0 Å². The summed E-state index contributed by atoms with van der Waals surface area (Å²) in [7, 11) is 0. The summed E-state index contributed by atoms with van der Waals surface area (Å²) in [4.78, 5) is 15.6. The van der Waals surface area contributed by atoms with Crippen LogP contribution in [0.2, 0.25) is 0 Å². The number of amides is 1. The molecule has 1 aromatic carbocycles. The number of carbonyl (C=O) groups is 1. The van der Waals surface area contributed by atoms with Crippen molar-refractivity contribution in [3.8, 4) is 11.5 Å². The Hall–Kier alpha value is -1.93. The smallest absolute Gasteiger partial charge is 0.409 e. The standard InChI is InChI=1S/C16H19BrN4O3/c1-2-23-16(22)21-9-7-20(8-10-21)11-14-18-19-15(24-14)12-5-3-4-6-13(12)17/h3-6H,2,7-11H2,1H3. The van der Waals surface area contributed by atoms with Gasteiger partial charge >= 0.3 is 6.09 Å². The number of rotatable bonds is 4. The highest BCUT2D eigenvalue weighted by Gasteiger charge is 2.23. The maximum Gasteiger partial charge on any atom is 0.409 e. The van der Waals surface area contributed by atoms with E-state index in [1.165, 1.54) is 0 Å². The van der Waals surface area contributed by atoms with Gasteiger partial charge in [0.1, 0.15) is 0 Å². The first-order chi connectivity index (χ1) is 11.7. The topological polar surface area (TPSA) is 71.7 Å². The van der Waals surface area contributed by atoms with Crippen LogP contribution in [0.1, 0.15) is 12.8 Å². The van der Waals surface area contributed by atoms with Gasteiger partial charge in [0.25, 0.3) is 0 Å². The molecule has 1 saturated heterocycles. The van der Waals surface area contributed by atoms with Crippen LogP contribution in [0.5, 0.6) is 0 Å². The molecule has 0 unspecified atom stereocenters. The van der Waals surface area contributed by atoms with Crippen molar-refractivity contribution in [3.63, 3.8) is 0 Å². The van der Waals surface area contributed by atoms with E-state index in [-0.39, 0.29) is 6.09 Å². The third kappa shape index (κ3) is 3.93. The molecule has 1 fully saturated rings. The Bertz CT molecular complexity index is 698. The maximum atomic E-state index is 11.7. The zero-order chi connectivity index (χ0) is 16.9. The monoisotopic (exact) mass is 394 g/mol. The van der Waals surface area contributed by atoms with E-state index in [9.17, 15) is 4.79 Å². The van der Waals surface area contributed by atoms with Gasteiger partial charge in [-0.15, -0.1) is 10.2 Å². The minimum absolute atomic E-state index is 0.244. The van der Waals surface area contributed by atoms with Crippen LogP contribution in [-0.4, -0.2) is 58.9 Å². The molecular formula is C16H19BrN4O3. The summed E-state index contributed by atoms with van der Waals surface area (Å²) >= 11 is 3.49. The third-order valence-corrected chi connectivity index (χ3v) is 4.52. The lowest BCUT2D eigenvalue weighted by Gasteiger charge is -2.33. The lowest BCUT2D eigenvalue weighted by molar-refractivity contribution is 0.0756. The molecule has 0 spiro atoms. The Labute approximate surface area is 148 Å². The van der Waals surface area contributed by atoms with E-state index in [1.54, 1.807) is 4.90 Å². The van der Waals surface area contributed by atoms with Gasteiger partial charge in [-0.25, -0.2) is 4.79 Å². The van der Waals surface area contributed by atoms with Crippen molar-refractivity contribution in [2.24, 2.45) is 0 Å². The molecule has 1 aromatic heterocycles. The lowest BCUT2D eigenvalue weighted by Crippen LogP contribution is -2.48. The molecule has 0 atom stereocenters. The summed E-state index contributed by atoms with van der Waals surface area (Å²) in [6.45, 7) is 5.59. The van der Waals surface area contributed by atoms with Crippen LogP contribution in [0.4, 0.5) is 4.79 Å². The van der Waals surface area contributed by atoms with Gasteiger partial charge in [0.15, 0.2) is 0 Å². The fraction of sp³-hybridized carbons (Fsp3) is 0.438. The summed E-state index contributed by atoms with van der Waals surface area (Å²) in [6.07, 6.45) is -0.244. The molecule has 0 N–H and O–H groups in total. The molecule has 8 heteroatoms. The van der Waals surface area contributed by atoms with Crippen molar-refractivity contribution in [1.29, 1.82) is 0 Å². The highest BCUT2D eigenvalue weighted by atomic mass is 79.9. The summed E-state index contributed by atoms with van der Waals surface area (Å²) in [6, 6.07) is 7.74. The first kappa shape index (κ1) is 16.9. The molecule has 1 amide bonds. The van der Waals surface area contributed by atoms with Crippen LogP contribution in [0.3, 0.4) is 0 Å². The van der Waals surface area contributed by atoms with E-state index in [4.69, 9.17) is 9.15 Å². The van der Waals surface area contributed by atoms with E-state index >= 15 is 0 Å². The zero-order valence-corrected chi connectivity index (χ0v) is 15.0. The number of piperazine rings is 1. The second-order valence-electron chi connectivity index (χ2n) is 5.44. The number of hydrogen-bond donors (Lipinski definition) is 0. The first-order valence-electron chi connectivity index (χ1n) is 7.88. The van der Waals surface area contributed by atoms with Gasteiger partial charge in [-0.2, -0.15) is 0 Å². The molecule has 0 bridgehead atoms. The average molecular weight is 395 g/mol. The molecule has 3 rings (SSSR count). The predicted octanol–water partition coefficient (Wildman–Crippen LogP) is 2.77. The second kappa shape index (κ2) is 7.76.